The van der Waals surface area contributed by atoms with Gasteiger partial charge in [0.1, 0.15) is 19.8 Å². The number of hydrogen-bond acceptors (Lipinski definition) is 10. The van der Waals surface area contributed by atoms with Gasteiger partial charge in [0.25, 0.3) is 0 Å². The van der Waals surface area contributed by atoms with Crippen LogP contribution < -0.4 is 0 Å². The molecular formula is C44H83NO11P+. The number of ether oxygens (including phenoxy) is 2. The zero-order valence-electron chi connectivity index (χ0n) is 36.4. The van der Waals surface area contributed by atoms with Gasteiger partial charge in [-0.25, -0.2) is 4.57 Å². The Morgan fingerprint density at radius 2 is 1.33 bits per heavy atom. The molecule has 13 heteroatoms. The van der Waals surface area contributed by atoms with Crippen molar-refractivity contribution >= 4 is 19.8 Å². The monoisotopic (exact) mass is 833 g/mol. The number of likely N-dealkylation sites (N-methyl/N-ethyl adjacent to an activating group) is 1. The number of unbranched alkanes of at least 4 members (excludes halogenated alkanes) is 15. The van der Waals surface area contributed by atoms with Gasteiger partial charge in [0.05, 0.1) is 46.1 Å². The molecule has 334 valence electrons. The first-order valence-corrected chi connectivity index (χ1v) is 23.8. The van der Waals surface area contributed by atoms with E-state index in [-0.39, 0.29) is 37.9 Å². The number of nitrogens with zero attached hydrogens (tertiary/aromatic N) is 1. The number of carbonyl (C=O) groups is 2. The van der Waals surface area contributed by atoms with Crippen LogP contribution in [-0.2, 0) is 32.7 Å². The third kappa shape index (κ3) is 29.3. The van der Waals surface area contributed by atoms with Crippen LogP contribution in [0.5, 0.6) is 0 Å². The van der Waals surface area contributed by atoms with E-state index in [4.69, 9.17) is 18.5 Å². The minimum absolute atomic E-state index is 0.0107. The summed E-state index contributed by atoms with van der Waals surface area (Å²) < 4.78 is 34.2. The van der Waals surface area contributed by atoms with E-state index in [1.54, 1.807) is 6.08 Å². The van der Waals surface area contributed by atoms with Crippen molar-refractivity contribution in [3.63, 3.8) is 0 Å². The number of rotatable bonds is 36. The minimum atomic E-state index is -4.44. The average Bonchev–Trinajstić information content (AvgIpc) is 3.41. The van der Waals surface area contributed by atoms with E-state index in [0.29, 0.717) is 49.6 Å². The number of aliphatic hydroxyl groups is 3. The largest absolute Gasteiger partial charge is 0.472 e. The van der Waals surface area contributed by atoms with Crippen molar-refractivity contribution in [1.29, 1.82) is 0 Å². The Labute approximate surface area is 346 Å². The molecule has 0 heterocycles. The first-order valence-electron chi connectivity index (χ1n) is 22.3. The topological polar surface area (TPSA) is 169 Å². The number of esters is 2. The molecule has 0 aromatic rings. The molecule has 1 unspecified atom stereocenters. The fourth-order valence-corrected chi connectivity index (χ4v) is 7.69. The van der Waals surface area contributed by atoms with Gasteiger partial charge in [-0.1, -0.05) is 134 Å². The molecule has 0 spiro atoms. The van der Waals surface area contributed by atoms with E-state index in [2.05, 4.69) is 13.8 Å². The van der Waals surface area contributed by atoms with E-state index >= 15 is 0 Å². The van der Waals surface area contributed by atoms with Gasteiger partial charge in [0, 0.05) is 25.2 Å². The molecule has 0 radical (unpaired) electrons. The minimum Gasteiger partial charge on any atom is -0.462 e. The summed E-state index contributed by atoms with van der Waals surface area (Å²) in [4.78, 5) is 35.5. The molecule has 0 bridgehead atoms. The predicted molar refractivity (Wildman–Crippen MR) is 226 cm³/mol. The van der Waals surface area contributed by atoms with Crippen LogP contribution >= 0.6 is 7.82 Å². The summed E-state index contributed by atoms with van der Waals surface area (Å²) in [6, 6.07) is 0. The highest BCUT2D eigenvalue weighted by atomic mass is 31.2. The van der Waals surface area contributed by atoms with Gasteiger partial charge in [0.15, 0.2) is 6.10 Å². The van der Waals surface area contributed by atoms with Crippen LogP contribution in [0.1, 0.15) is 162 Å². The lowest BCUT2D eigenvalue weighted by Gasteiger charge is -2.24. The van der Waals surface area contributed by atoms with Crippen LogP contribution in [-0.4, -0.2) is 109 Å². The highest BCUT2D eigenvalue weighted by molar-refractivity contribution is 7.47. The maximum Gasteiger partial charge on any atom is 0.472 e. The summed E-state index contributed by atoms with van der Waals surface area (Å²) in [6.07, 6.45) is 26.0. The van der Waals surface area contributed by atoms with E-state index in [1.807, 2.05) is 39.4 Å². The molecule has 7 atom stereocenters. The fraction of sp³-hybridized carbons (Fsp3) is 0.864. The zero-order chi connectivity index (χ0) is 42.4. The summed E-state index contributed by atoms with van der Waals surface area (Å²) in [7, 11) is 1.33. The molecule has 1 aliphatic rings. The maximum atomic E-state index is 12.8. The Kier molecular flexibility index (Phi) is 30.1. The molecule has 1 rings (SSSR count). The number of phosphoric acid groups is 1. The molecule has 0 saturated heterocycles. The van der Waals surface area contributed by atoms with Crippen molar-refractivity contribution in [2.24, 2.45) is 11.8 Å². The van der Waals surface area contributed by atoms with Crippen molar-refractivity contribution in [2.45, 2.75) is 186 Å². The second kappa shape index (κ2) is 32.2. The van der Waals surface area contributed by atoms with Crippen LogP contribution in [0.15, 0.2) is 24.3 Å². The van der Waals surface area contributed by atoms with Crippen molar-refractivity contribution in [1.82, 2.24) is 0 Å². The fourth-order valence-electron chi connectivity index (χ4n) is 6.95. The second-order valence-corrected chi connectivity index (χ2v) is 18.5. The molecule has 57 heavy (non-hydrogen) atoms. The highest BCUT2D eigenvalue weighted by Gasteiger charge is 2.39. The first kappa shape index (κ1) is 53.4. The molecule has 0 aromatic carbocycles. The quantitative estimate of drug-likeness (QED) is 0.0157. The third-order valence-corrected chi connectivity index (χ3v) is 11.5. The standard InChI is InChI=1S/C44H82NO11P/c1-6-8-10-11-12-13-14-15-16-17-18-19-24-28-43(49)53-35-38(36-55-57(51,52)54-33-32-45(3,4)5)56-44(50)29-25-21-20-23-27-39-40(42(48)34-41(39)47)31-30-37(46)26-22-9-7-2/h20,23,30-31,37-42,46-48H,6-19,21-22,24-29,32-36H2,1-5H3/p+1/b23-20+,31-30+/t37-,38+,39+,40+,41-,42+/m0/s1. The van der Waals surface area contributed by atoms with Crippen molar-refractivity contribution in [2.75, 3.05) is 47.5 Å². The summed E-state index contributed by atoms with van der Waals surface area (Å²) >= 11 is 0. The van der Waals surface area contributed by atoms with Crippen LogP contribution in [0.4, 0.5) is 0 Å². The average molecular weight is 833 g/mol. The smallest absolute Gasteiger partial charge is 0.462 e. The Balaban J connectivity index is 2.52. The third-order valence-electron chi connectivity index (χ3n) is 10.6. The lowest BCUT2D eigenvalue weighted by atomic mass is 9.89. The van der Waals surface area contributed by atoms with E-state index in [1.165, 1.54) is 57.8 Å². The normalized spacial score (nSPS) is 20.9. The molecule has 1 saturated carbocycles. The number of quaternary nitrogens is 1. The molecule has 4 N–H and O–H groups in total. The number of phosphoric ester groups is 1. The van der Waals surface area contributed by atoms with E-state index in [9.17, 15) is 34.4 Å². The molecule has 0 aliphatic heterocycles. The summed E-state index contributed by atoms with van der Waals surface area (Å²) in [5.74, 6) is -1.40. The van der Waals surface area contributed by atoms with Crippen LogP contribution in [0, 0.1) is 11.8 Å². The molecule has 1 aliphatic carbocycles. The lowest BCUT2D eigenvalue weighted by molar-refractivity contribution is -0.870. The molecule has 0 amide bonds. The van der Waals surface area contributed by atoms with E-state index in [0.717, 1.165) is 38.5 Å². The van der Waals surface area contributed by atoms with Crippen molar-refractivity contribution in [3.8, 4) is 0 Å². The zero-order valence-corrected chi connectivity index (χ0v) is 37.3. The van der Waals surface area contributed by atoms with Crippen LogP contribution in [0.2, 0.25) is 0 Å². The number of allylic oxidation sites excluding steroid dienone is 2. The highest BCUT2D eigenvalue weighted by Crippen LogP contribution is 2.43. The van der Waals surface area contributed by atoms with Gasteiger partial charge in [-0.2, -0.15) is 0 Å². The van der Waals surface area contributed by atoms with Gasteiger partial charge in [-0.05, 0) is 38.0 Å². The van der Waals surface area contributed by atoms with Gasteiger partial charge in [-0.3, -0.25) is 18.6 Å². The summed E-state index contributed by atoms with van der Waals surface area (Å²) in [5, 5.41) is 31.4. The predicted octanol–water partition coefficient (Wildman–Crippen LogP) is 8.73. The molecule has 1 fully saturated rings. The molecule has 0 aromatic heterocycles. The van der Waals surface area contributed by atoms with Gasteiger partial charge < -0.3 is 34.2 Å². The van der Waals surface area contributed by atoms with Gasteiger partial charge in [0.2, 0.25) is 0 Å². The van der Waals surface area contributed by atoms with Crippen molar-refractivity contribution < 1.29 is 57.4 Å². The number of carbonyl (C=O) groups excluding carboxylic acids is 2. The van der Waals surface area contributed by atoms with E-state index < -0.39 is 50.8 Å². The Hall–Kier alpha value is -1.63. The first-order chi connectivity index (χ1) is 27.2. The lowest BCUT2D eigenvalue weighted by Crippen LogP contribution is -2.37. The summed E-state index contributed by atoms with van der Waals surface area (Å²) in [5.41, 5.74) is 0. The number of hydrogen-bond donors (Lipinski definition) is 4. The Bertz CT molecular complexity index is 1140. The Morgan fingerprint density at radius 1 is 0.754 bits per heavy atom. The van der Waals surface area contributed by atoms with Crippen LogP contribution in [0.3, 0.4) is 0 Å². The van der Waals surface area contributed by atoms with Gasteiger partial charge >= 0.3 is 19.8 Å². The Morgan fingerprint density at radius 3 is 1.95 bits per heavy atom. The summed E-state index contributed by atoms with van der Waals surface area (Å²) in [6.45, 7) is 4.04. The van der Waals surface area contributed by atoms with Crippen molar-refractivity contribution in [3.05, 3.63) is 24.3 Å². The maximum absolute atomic E-state index is 12.8. The van der Waals surface area contributed by atoms with Crippen LogP contribution in [0.25, 0.3) is 0 Å². The number of aliphatic hydroxyl groups excluding tert-OH is 3. The molecular weight excluding hydrogens is 749 g/mol. The molecule has 12 nitrogen and oxygen atoms in total. The van der Waals surface area contributed by atoms with Gasteiger partial charge in [-0.15, -0.1) is 0 Å². The second-order valence-electron chi connectivity index (χ2n) is 17.1. The SMILES string of the molecule is CCCCCCCCCCCCCCCC(=O)OC[C@H](COP(=O)(O)OCC[N+](C)(C)C)OC(=O)CCC/C=C/C[C@@H]1[C@@H](/C=C/[C@@H](O)CCCCC)[C@H](O)C[C@@H]1O.